The molecule has 4 nitrogen and oxygen atoms in total. The van der Waals surface area contributed by atoms with Crippen molar-refractivity contribution in [3.8, 4) is 5.69 Å². The summed E-state index contributed by atoms with van der Waals surface area (Å²) < 4.78 is 16.2. The molecule has 0 saturated carbocycles. The third-order valence-corrected chi connectivity index (χ3v) is 8.47. The second-order valence-corrected chi connectivity index (χ2v) is 10.8. The van der Waals surface area contributed by atoms with Crippen LogP contribution in [0.3, 0.4) is 0 Å². The predicted octanol–water partition coefficient (Wildman–Crippen LogP) is 10.1. The number of hydrogen-bond acceptors (Lipinski definition) is 3. The molecule has 43 heavy (non-hydrogen) atoms. The van der Waals surface area contributed by atoms with Crippen LogP contribution >= 0.6 is 0 Å². The Morgan fingerprint density at radius 3 is 1.79 bits per heavy atom. The monoisotopic (exact) mass is 554 g/mol. The number of aromatic nitrogens is 3. The SMILES string of the molecule is Fc1ccc(-n2c3cccc4ccc5c(N(c6cccc7cccnc67)c6cccc7cccnc67)ccc2c5c43)cc1. The molecule has 202 valence electrons. The maximum absolute atomic E-state index is 13.9. The van der Waals surface area contributed by atoms with Gasteiger partial charge in [0.15, 0.2) is 0 Å². The molecule has 9 aromatic rings. The Labute approximate surface area is 246 Å². The van der Waals surface area contributed by atoms with Crippen molar-refractivity contribution in [2.75, 3.05) is 4.90 Å². The fourth-order valence-corrected chi connectivity index (χ4v) is 6.66. The van der Waals surface area contributed by atoms with Gasteiger partial charge >= 0.3 is 0 Å². The maximum Gasteiger partial charge on any atom is 0.123 e. The van der Waals surface area contributed by atoms with Gasteiger partial charge in [0.1, 0.15) is 5.82 Å². The zero-order valence-corrected chi connectivity index (χ0v) is 22.9. The number of anilines is 3. The zero-order chi connectivity index (χ0) is 28.5. The van der Waals surface area contributed by atoms with E-state index in [-0.39, 0.29) is 5.82 Å². The molecule has 0 aliphatic heterocycles. The Morgan fingerprint density at radius 2 is 1.09 bits per heavy atom. The average molecular weight is 555 g/mol. The van der Waals surface area contributed by atoms with Gasteiger partial charge in [-0.2, -0.15) is 0 Å². The molecular weight excluding hydrogens is 531 g/mol. The van der Waals surface area contributed by atoms with Gasteiger partial charge in [0.25, 0.3) is 0 Å². The molecule has 0 aliphatic carbocycles. The molecule has 0 atom stereocenters. The van der Waals surface area contributed by atoms with Crippen molar-refractivity contribution >= 4 is 71.4 Å². The van der Waals surface area contributed by atoms with Crippen molar-refractivity contribution in [2.45, 2.75) is 0 Å². The van der Waals surface area contributed by atoms with Crippen LogP contribution < -0.4 is 4.90 Å². The highest BCUT2D eigenvalue weighted by atomic mass is 19.1. The molecule has 3 aromatic heterocycles. The van der Waals surface area contributed by atoms with E-state index in [4.69, 9.17) is 9.97 Å². The number of benzene rings is 6. The first-order valence-corrected chi connectivity index (χ1v) is 14.3. The molecule has 6 aromatic carbocycles. The van der Waals surface area contributed by atoms with Crippen LogP contribution in [-0.4, -0.2) is 14.5 Å². The van der Waals surface area contributed by atoms with Crippen molar-refractivity contribution in [2.24, 2.45) is 0 Å². The quantitative estimate of drug-likeness (QED) is 0.203. The van der Waals surface area contributed by atoms with E-state index in [1.807, 2.05) is 36.7 Å². The maximum atomic E-state index is 13.9. The van der Waals surface area contributed by atoms with E-state index in [2.05, 4.69) is 100 Å². The van der Waals surface area contributed by atoms with Crippen LogP contribution in [0.25, 0.3) is 60.1 Å². The lowest BCUT2D eigenvalue weighted by molar-refractivity contribution is 0.627. The van der Waals surface area contributed by atoms with E-state index in [0.29, 0.717) is 0 Å². The van der Waals surface area contributed by atoms with Gasteiger partial charge in [-0.25, -0.2) is 4.39 Å². The Hall–Kier alpha value is -5.81. The highest BCUT2D eigenvalue weighted by Crippen LogP contribution is 2.47. The van der Waals surface area contributed by atoms with Gasteiger partial charge in [-0.3, -0.25) is 9.97 Å². The molecule has 0 unspecified atom stereocenters. The lowest BCUT2D eigenvalue weighted by Gasteiger charge is -2.28. The predicted molar refractivity (Wildman–Crippen MR) is 175 cm³/mol. The van der Waals surface area contributed by atoms with Crippen LogP contribution in [-0.2, 0) is 0 Å². The van der Waals surface area contributed by atoms with E-state index in [9.17, 15) is 4.39 Å². The second-order valence-electron chi connectivity index (χ2n) is 10.8. The molecule has 0 amide bonds. The number of hydrogen-bond donors (Lipinski definition) is 0. The summed E-state index contributed by atoms with van der Waals surface area (Å²) in [5.41, 5.74) is 7.91. The van der Waals surface area contributed by atoms with Crippen molar-refractivity contribution in [1.29, 1.82) is 0 Å². The molecule has 0 bridgehead atoms. The van der Waals surface area contributed by atoms with Gasteiger partial charge < -0.3 is 9.47 Å². The number of para-hydroxylation sites is 2. The second kappa shape index (κ2) is 9.10. The summed E-state index contributed by atoms with van der Waals surface area (Å²) in [6.07, 6.45) is 3.70. The Kier molecular flexibility index (Phi) is 5.05. The van der Waals surface area contributed by atoms with Crippen LogP contribution in [0.4, 0.5) is 21.5 Å². The molecule has 0 radical (unpaired) electrons. The standard InChI is InChI=1S/C38H23FN4/c39-27-15-17-28(18-16-27)42-31-11-1-6-24-14-19-29-30(20-21-32(42)36(29)35(24)31)43(33-12-2-7-25-9-4-22-40-37(25)33)34-13-3-8-26-10-5-23-41-38(26)34/h1-23H. The Morgan fingerprint density at radius 1 is 0.488 bits per heavy atom. The highest BCUT2D eigenvalue weighted by Gasteiger charge is 2.24. The third-order valence-electron chi connectivity index (χ3n) is 8.47. The fraction of sp³-hybridized carbons (Fsp3) is 0. The van der Waals surface area contributed by atoms with Crippen LogP contribution in [0.2, 0.25) is 0 Å². The molecule has 0 saturated heterocycles. The van der Waals surface area contributed by atoms with Gasteiger partial charge in [-0.15, -0.1) is 0 Å². The van der Waals surface area contributed by atoms with Gasteiger partial charge in [-0.05, 0) is 72.1 Å². The number of rotatable bonds is 4. The van der Waals surface area contributed by atoms with Gasteiger partial charge in [0.05, 0.1) is 39.1 Å². The topological polar surface area (TPSA) is 34.0 Å². The molecule has 0 fully saturated rings. The molecule has 5 heteroatoms. The lowest BCUT2D eigenvalue weighted by Crippen LogP contribution is -2.12. The summed E-state index contributed by atoms with van der Waals surface area (Å²) in [6.45, 7) is 0. The highest BCUT2D eigenvalue weighted by molar-refractivity contribution is 6.27. The zero-order valence-electron chi connectivity index (χ0n) is 22.9. The number of nitrogens with zero attached hydrogens (tertiary/aromatic N) is 4. The molecule has 0 aliphatic rings. The van der Waals surface area contributed by atoms with Crippen molar-refractivity contribution in [3.63, 3.8) is 0 Å². The fourth-order valence-electron chi connectivity index (χ4n) is 6.66. The first-order chi connectivity index (χ1) is 21.3. The van der Waals surface area contributed by atoms with E-state index >= 15 is 0 Å². The average Bonchev–Trinajstić information content (AvgIpc) is 3.40. The molecule has 0 spiro atoms. The first kappa shape index (κ1) is 23.9. The largest absolute Gasteiger partial charge is 0.309 e. The van der Waals surface area contributed by atoms with Crippen LogP contribution in [0.1, 0.15) is 0 Å². The van der Waals surface area contributed by atoms with Crippen LogP contribution in [0.15, 0.2) is 140 Å². The number of pyridine rings is 2. The molecule has 3 heterocycles. The first-order valence-electron chi connectivity index (χ1n) is 14.3. The smallest absolute Gasteiger partial charge is 0.123 e. The summed E-state index contributed by atoms with van der Waals surface area (Å²) in [4.78, 5) is 12.0. The van der Waals surface area contributed by atoms with Crippen molar-refractivity contribution in [3.05, 3.63) is 146 Å². The number of fused-ring (bicyclic) bond motifs is 2. The van der Waals surface area contributed by atoms with E-state index in [1.54, 1.807) is 0 Å². The minimum Gasteiger partial charge on any atom is -0.309 e. The summed E-state index contributed by atoms with van der Waals surface area (Å²) in [5, 5.41) is 6.77. The molecule has 9 rings (SSSR count). The Balaban J connectivity index is 1.42. The van der Waals surface area contributed by atoms with E-state index < -0.39 is 0 Å². The lowest BCUT2D eigenvalue weighted by atomic mass is 9.99. The summed E-state index contributed by atoms with van der Waals surface area (Å²) >= 11 is 0. The molecular formula is C38H23FN4. The summed E-state index contributed by atoms with van der Waals surface area (Å²) in [7, 11) is 0. The summed E-state index contributed by atoms with van der Waals surface area (Å²) in [5.74, 6) is -0.248. The minimum absolute atomic E-state index is 0.248. The van der Waals surface area contributed by atoms with Crippen molar-refractivity contribution < 1.29 is 4.39 Å². The number of halogens is 1. The van der Waals surface area contributed by atoms with Gasteiger partial charge in [0, 0.05) is 45.0 Å². The summed E-state index contributed by atoms with van der Waals surface area (Å²) in [6, 6.07) is 42.7. The minimum atomic E-state index is -0.248. The van der Waals surface area contributed by atoms with Crippen LogP contribution in [0, 0.1) is 5.82 Å². The normalized spacial score (nSPS) is 11.8. The third kappa shape index (κ3) is 3.48. The van der Waals surface area contributed by atoms with E-state index in [0.717, 1.165) is 61.0 Å². The van der Waals surface area contributed by atoms with Gasteiger partial charge in [0.2, 0.25) is 0 Å². The van der Waals surface area contributed by atoms with Gasteiger partial charge in [-0.1, -0.05) is 60.7 Å². The van der Waals surface area contributed by atoms with Crippen LogP contribution in [0.5, 0.6) is 0 Å². The molecule has 0 N–H and O–H groups in total. The van der Waals surface area contributed by atoms with Crippen molar-refractivity contribution in [1.82, 2.24) is 14.5 Å². The Bertz CT molecular complexity index is 2390. The van der Waals surface area contributed by atoms with E-state index in [1.165, 1.54) is 28.3 Å².